The molecule has 4 nitrogen and oxygen atoms in total. The van der Waals surface area contributed by atoms with Crippen LogP contribution in [0.4, 0.5) is 0 Å². The summed E-state index contributed by atoms with van der Waals surface area (Å²) in [6.07, 6.45) is 2.20. The Balaban J connectivity index is 1.70. The zero-order valence-electron chi connectivity index (χ0n) is 11.3. The maximum Gasteiger partial charge on any atom is 0.251 e. The third-order valence-electron chi connectivity index (χ3n) is 3.16. The molecular weight excluding hydrogens is 272 g/mol. The SMILES string of the molecule is N#Cc1cccc(C(=O)NCCSC2CCOCC2)c1. The van der Waals surface area contributed by atoms with Crippen molar-refractivity contribution in [2.75, 3.05) is 25.5 Å². The van der Waals surface area contributed by atoms with Gasteiger partial charge in [-0.15, -0.1) is 0 Å². The van der Waals surface area contributed by atoms with Crippen LogP contribution in [-0.4, -0.2) is 36.7 Å². The molecule has 1 N–H and O–H groups in total. The van der Waals surface area contributed by atoms with Crippen molar-refractivity contribution in [3.8, 4) is 6.07 Å². The quantitative estimate of drug-likeness (QED) is 0.845. The van der Waals surface area contributed by atoms with Crippen LogP contribution >= 0.6 is 11.8 Å². The lowest BCUT2D eigenvalue weighted by Gasteiger charge is -2.21. The third-order valence-corrected chi connectivity index (χ3v) is 4.55. The van der Waals surface area contributed by atoms with Crippen molar-refractivity contribution >= 4 is 17.7 Å². The molecule has 0 radical (unpaired) electrons. The molecule has 1 aromatic rings. The zero-order chi connectivity index (χ0) is 14.2. The molecule has 20 heavy (non-hydrogen) atoms. The van der Waals surface area contributed by atoms with Crippen LogP contribution in [0.15, 0.2) is 24.3 Å². The first-order chi connectivity index (χ1) is 9.79. The van der Waals surface area contributed by atoms with Crippen LogP contribution in [0.2, 0.25) is 0 Å². The van der Waals surface area contributed by atoms with Crippen LogP contribution in [0.5, 0.6) is 0 Å². The van der Waals surface area contributed by atoms with Crippen molar-refractivity contribution in [1.29, 1.82) is 5.26 Å². The average Bonchev–Trinajstić information content (AvgIpc) is 2.52. The van der Waals surface area contributed by atoms with Crippen molar-refractivity contribution < 1.29 is 9.53 Å². The smallest absolute Gasteiger partial charge is 0.251 e. The van der Waals surface area contributed by atoms with E-state index in [4.69, 9.17) is 10.00 Å². The van der Waals surface area contributed by atoms with E-state index in [1.165, 1.54) is 0 Å². The number of hydrogen-bond acceptors (Lipinski definition) is 4. The number of carbonyl (C=O) groups excluding carboxylic acids is 1. The monoisotopic (exact) mass is 290 g/mol. The summed E-state index contributed by atoms with van der Waals surface area (Å²) in [4.78, 5) is 11.9. The fraction of sp³-hybridized carbons (Fsp3) is 0.467. The van der Waals surface area contributed by atoms with E-state index in [0.29, 0.717) is 22.9 Å². The van der Waals surface area contributed by atoms with E-state index in [0.717, 1.165) is 31.8 Å². The normalized spacial score (nSPS) is 15.6. The molecule has 2 rings (SSSR count). The van der Waals surface area contributed by atoms with E-state index in [9.17, 15) is 4.79 Å². The summed E-state index contributed by atoms with van der Waals surface area (Å²) in [7, 11) is 0. The predicted octanol–water partition coefficient (Wildman–Crippen LogP) is 2.20. The van der Waals surface area contributed by atoms with Gasteiger partial charge in [-0.2, -0.15) is 17.0 Å². The van der Waals surface area contributed by atoms with Gasteiger partial charge in [0.2, 0.25) is 0 Å². The van der Waals surface area contributed by atoms with Crippen LogP contribution in [-0.2, 0) is 4.74 Å². The molecule has 1 aromatic carbocycles. The second-order valence-electron chi connectivity index (χ2n) is 4.63. The van der Waals surface area contributed by atoms with E-state index < -0.39 is 0 Å². The molecule has 0 atom stereocenters. The van der Waals surface area contributed by atoms with Gasteiger partial charge in [-0.05, 0) is 31.0 Å². The number of hydrogen-bond donors (Lipinski definition) is 1. The lowest BCUT2D eigenvalue weighted by molar-refractivity contribution is 0.0955. The Morgan fingerprint density at radius 3 is 3.00 bits per heavy atom. The number of thioether (sulfide) groups is 1. The Bertz CT molecular complexity index is 493. The number of nitriles is 1. The predicted molar refractivity (Wildman–Crippen MR) is 79.8 cm³/mol. The number of benzene rings is 1. The van der Waals surface area contributed by atoms with E-state index in [1.807, 2.05) is 17.8 Å². The topological polar surface area (TPSA) is 62.1 Å². The highest BCUT2D eigenvalue weighted by atomic mass is 32.2. The summed E-state index contributed by atoms with van der Waals surface area (Å²) in [5.74, 6) is 0.795. The average molecular weight is 290 g/mol. The van der Waals surface area contributed by atoms with E-state index >= 15 is 0 Å². The van der Waals surface area contributed by atoms with Gasteiger partial charge in [0.15, 0.2) is 0 Å². The summed E-state index contributed by atoms with van der Waals surface area (Å²) in [6, 6.07) is 8.79. The molecule has 1 aliphatic heterocycles. The van der Waals surface area contributed by atoms with Gasteiger partial charge in [0.25, 0.3) is 5.91 Å². The maximum absolute atomic E-state index is 11.9. The summed E-state index contributed by atoms with van der Waals surface area (Å²) < 4.78 is 5.31. The third kappa shape index (κ3) is 4.55. The summed E-state index contributed by atoms with van der Waals surface area (Å²) in [5.41, 5.74) is 1.05. The van der Waals surface area contributed by atoms with Gasteiger partial charge < -0.3 is 10.1 Å². The van der Waals surface area contributed by atoms with E-state index in [1.54, 1.807) is 24.3 Å². The molecule has 1 amide bonds. The zero-order valence-corrected chi connectivity index (χ0v) is 12.1. The fourth-order valence-electron chi connectivity index (χ4n) is 2.06. The van der Waals surface area contributed by atoms with Crippen LogP contribution in [0.25, 0.3) is 0 Å². The largest absolute Gasteiger partial charge is 0.381 e. The Morgan fingerprint density at radius 2 is 2.25 bits per heavy atom. The number of nitrogens with zero attached hydrogens (tertiary/aromatic N) is 1. The van der Waals surface area contributed by atoms with Crippen molar-refractivity contribution in [2.45, 2.75) is 18.1 Å². The molecule has 5 heteroatoms. The Kier molecular flexibility index (Phi) is 5.90. The summed E-state index contributed by atoms with van der Waals surface area (Å²) in [5, 5.41) is 12.4. The Morgan fingerprint density at radius 1 is 1.45 bits per heavy atom. The lowest BCUT2D eigenvalue weighted by Crippen LogP contribution is -2.27. The molecular formula is C15H18N2O2S. The molecule has 1 aliphatic rings. The summed E-state index contributed by atoms with van der Waals surface area (Å²) >= 11 is 1.90. The van der Waals surface area contributed by atoms with Gasteiger partial charge in [0.1, 0.15) is 0 Å². The van der Waals surface area contributed by atoms with E-state index in [2.05, 4.69) is 5.32 Å². The van der Waals surface area contributed by atoms with Gasteiger partial charge >= 0.3 is 0 Å². The highest BCUT2D eigenvalue weighted by molar-refractivity contribution is 7.99. The first-order valence-electron chi connectivity index (χ1n) is 6.77. The first-order valence-corrected chi connectivity index (χ1v) is 7.82. The molecule has 1 heterocycles. The second-order valence-corrected chi connectivity index (χ2v) is 6.04. The molecule has 0 aliphatic carbocycles. The number of amides is 1. The van der Waals surface area contributed by atoms with Gasteiger partial charge in [0.05, 0.1) is 11.6 Å². The Labute approximate surface area is 123 Å². The highest BCUT2D eigenvalue weighted by Crippen LogP contribution is 2.21. The Hall–Kier alpha value is -1.51. The summed E-state index contributed by atoms with van der Waals surface area (Å²) in [6.45, 7) is 2.35. The van der Waals surface area contributed by atoms with Crippen LogP contribution in [0, 0.1) is 11.3 Å². The van der Waals surface area contributed by atoms with Crippen LogP contribution in [0.3, 0.4) is 0 Å². The maximum atomic E-state index is 11.9. The molecule has 0 bridgehead atoms. The van der Waals surface area contributed by atoms with Gasteiger partial charge in [-0.25, -0.2) is 0 Å². The van der Waals surface area contributed by atoms with Gasteiger partial charge in [0, 0.05) is 36.3 Å². The van der Waals surface area contributed by atoms with Crippen molar-refractivity contribution in [1.82, 2.24) is 5.32 Å². The minimum Gasteiger partial charge on any atom is -0.381 e. The second kappa shape index (κ2) is 7.93. The van der Waals surface area contributed by atoms with Crippen molar-refractivity contribution in [2.24, 2.45) is 0 Å². The number of rotatable bonds is 5. The molecule has 1 saturated heterocycles. The number of nitrogens with one attached hydrogen (secondary N) is 1. The van der Waals surface area contributed by atoms with Crippen LogP contribution < -0.4 is 5.32 Å². The molecule has 0 saturated carbocycles. The van der Waals surface area contributed by atoms with Gasteiger partial charge in [-0.3, -0.25) is 4.79 Å². The highest BCUT2D eigenvalue weighted by Gasteiger charge is 2.13. The molecule has 0 spiro atoms. The first kappa shape index (κ1) is 14.9. The van der Waals surface area contributed by atoms with Crippen molar-refractivity contribution in [3.63, 3.8) is 0 Å². The minimum atomic E-state index is -0.116. The molecule has 0 unspecified atom stereocenters. The molecule has 106 valence electrons. The minimum absolute atomic E-state index is 0.116. The standard InChI is InChI=1S/C15H18N2O2S/c16-11-12-2-1-3-13(10-12)15(18)17-6-9-20-14-4-7-19-8-5-14/h1-3,10,14H,4-9H2,(H,17,18). The van der Waals surface area contributed by atoms with Gasteiger partial charge in [-0.1, -0.05) is 6.07 Å². The molecule has 1 fully saturated rings. The van der Waals surface area contributed by atoms with Crippen LogP contribution in [0.1, 0.15) is 28.8 Å². The van der Waals surface area contributed by atoms with Crippen molar-refractivity contribution in [3.05, 3.63) is 35.4 Å². The molecule has 0 aromatic heterocycles. The fourth-order valence-corrected chi connectivity index (χ4v) is 3.14. The lowest BCUT2D eigenvalue weighted by atomic mass is 10.1. The number of ether oxygens (including phenoxy) is 1. The number of carbonyl (C=O) groups is 1. The van der Waals surface area contributed by atoms with E-state index in [-0.39, 0.29) is 5.91 Å².